The van der Waals surface area contributed by atoms with Crippen molar-refractivity contribution < 1.29 is 14.6 Å². The number of amides is 1. The van der Waals surface area contributed by atoms with Crippen LogP contribution < -0.4 is 5.32 Å². The van der Waals surface area contributed by atoms with Crippen molar-refractivity contribution in [2.24, 2.45) is 17.3 Å². The number of nitrogens with zero attached hydrogens (tertiary/aromatic N) is 6. The van der Waals surface area contributed by atoms with E-state index in [2.05, 4.69) is 15.5 Å². The number of nitro groups is 2. The summed E-state index contributed by atoms with van der Waals surface area (Å²) in [5, 5.41) is 33.3. The normalized spacial score (nSPS) is 29.8. The van der Waals surface area contributed by atoms with Gasteiger partial charge in [-0.25, -0.2) is 0 Å². The molecule has 4 aliphatic rings. The highest BCUT2D eigenvalue weighted by atomic mass is 16.6. The van der Waals surface area contributed by atoms with Gasteiger partial charge in [-0.3, -0.25) is 19.6 Å². The van der Waals surface area contributed by atoms with Crippen molar-refractivity contribution in [2.45, 2.75) is 64.0 Å². The molecule has 2 atom stereocenters. The van der Waals surface area contributed by atoms with Crippen LogP contribution in [0.15, 0.2) is 18.5 Å². The molecule has 6 rings (SSSR count). The van der Waals surface area contributed by atoms with Crippen LogP contribution in [0.2, 0.25) is 0 Å². The van der Waals surface area contributed by atoms with Gasteiger partial charge in [0.05, 0.1) is 33.9 Å². The van der Waals surface area contributed by atoms with Gasteiger partial charge in [-0.1, -0.05) is 0 Å². The number of hydrogen-bond acceptors (Lipinski definition) is 7. The molecular formula is C21H27N7O5. The van der Waals surface area contributed by atoms with Gasteiger partial charge in [0, 0.05) is 13.0 Å². The fourth-order valence-corrected chi connectivity index (χ4v) is 7.06. The van der Waals surface area contributed by atoms with Crippen molar-refractivity contribution in [3.05, 3.63) is 44.4 Å². The zero-order chi connectivity index (χ0) is 23.4. The van der Waals surface area contributed by atoms with Gasteiger partial charge >= 0.3 is 11.5 Å². The molecule has 0 radical (unpaired) electrons. The molecule has 2 heterocycles. The summed E-state index contributed by atoms with van der Waals surface area (Å²) in [4.78, 5) is 34.0. The Labute approximate surface area is 189 Å². The smallest absolute Gasteiger partial charge is 0.358 e. The molecule has 176 valence electrons. The molecule has 0 spiro atoms. The fraction of sp³-hybridized carbons (Fsp3) is 0.667. The highest BCUT2D eigenvalue weighted by Crippen LogP contribution is 2.65. The Morgan fingerprint density at radius 3 is 2.55 bits per heavy atom. The first kappa shape index (κ1) is 21.5. The van der Waals surface area contributed by atoms with Crippen LogP contribution in [0.5, 0.6) is 0 Å². The van der Waals surface area contributed by atoms with Crippen LogP contribution in [0.25, 0.3) is 0 Å². The molecule has 0 aliphatic heterocycles. The van der Waals surface area contributed by atoms with E-state index < -0.39 is 9.85 Å². The molecule has 4 bridgehead atoms. The first-order chi connectivity index (χ1) is 15.7. The summed E-state index contributed by atoms with van der Waals surface area (Å²) in [6.07, 6.45) is 9.19. The summed E-state index contributed by atoms with van der Waals surface area (Å²) in [5.41, 5.74) is 0.318. The van der Waals surface area contributed by atoms with Crippen LogP contribution in [0.3, 0.4) is 0 Å². The molecule has 2 aromatic heterocycles. The van der Waals surface area contributed by atoms with Gasteiger partial charge in [0.1, 0.15) is 12.4 Å². The number of rotatable bonds is 8. The van der Waals surface area contributed by atoms with Gasteiger partial charge in [-0.05, 0) is 67.6 Å². The van der Waals surface area contributed by atoms with Crippen molar-refractivity contribution >= 4 is 17.4 Å². The van der Waals surface area contributed by atoms with Crippen molar-refractivity contribution in [3.63, 3.8) is 0 Å². The minimum absolute atomic E-state index is 0.00619. The summed E-state index contributed by atoms with van der Waals surface area (Å²) in [6, 6.07) is 1.41. The van der Waals surface area contributed by atoms with E-state index in [4.69, 9.17) is 0 Å². The molecule has 12 nitrogen and oxygen atoms in total. The minimum Gasteiger partial charge on any atom is -0.358 e. The highest BCUT2D eigenvalue weighted by Gasteiger charge is 2.59. The van der Waals surface area contributed by atoms with E-state index in [9.17, 15) is 25.0 Å². The monoisotopic (exact) mass is 457 g/mol. The Morgan fingerprint density at radius 1 is 1.21 bits per heavy atom. The van der Waals surface area contributed by atoms with E-state index in [0.29, 0.717) is 37.0 Å². The lowest BCUT2D eigenvalue weighted by molar-refractivity contribution is -0.389. The third kappa shape index (κ3) is 3.87. The van der Waals surface area contributed by atoms with Crippen LogP contribution in [-0.2, 0) is 16.9 Å². The summed E-state index contributed by atoms with van der Waals surface area (Å²) in [6.45, 7) is 2.46. The van der Waals surface area contributed by atoms with E-state index in [-0.39, 0.29) is 28.4 Å². The molecule has 1 amide bonds. The van der Waals surface area contributed by atoms with Gasteiger partial charge in [0.15, 0.2) is 0 Å². The summed E-state index contributed by atoms with van der Waals surface area (Å²) >= 11 is 0. The van der Waals surface area contributed by atoms with Crippen LogP contribution in [0, 0.1) is 44.4 Å². The number of hydrogen-bond donors (Lipinski definition) is 1. The van der Waals surface area contributed by atoms with Gasteiger partial charge in [-0.2, -0.15) is 9.78 Å². The van der Waals surface area contributed by atoms with E-state index in [0.717, 1.165) is 38.5 Å². The Hall–Kier alpha value is -3.31. The van der Waals surface area contributed by atoms with E-state index >= 15 is 0 Å². The molecule has 4 fully saturated rings. The summed E-state index contributed by atoms with van der Waals surface area (Å²) in [7, 11) is 0. The molecule has 4 saturated carbocycles. The fourth-order valence-electron chi connectivity index (χ4n) is 7.06. The molecular weight excluding hydrogens is 430 g/mol. The first-order valence-electron chi connectivity index (χ1n) is 11.3. The van der Waals surface area contributed by atoms with Crippen molar-refractivity contribution in [1.29, 1.82) is 0 Å². The Bertz CT molecular complexity index is 1110. The van der Waals surface area contributed by atoms with Gasteiger partial charge in [0.25, 0.3) is 0 Å². The van der Waals surface area contributed by atoms with Crippen LogP contribution >= 0.6 is 0 Å². The Kier molecular flexibility index (Phi) is 4.98. The maximum Gasteiger partial charge on any atom is 0.390 e. The topological polar surface area (TPSA) is 151 Å². The minimum atomic E-state index is -0.529. The third-order valence-electron chi connectivity index (χ3n) is 7.75. The number of aromatic nitrogens is 4. The molecule has 2 unspecified atom stereocenters. The molecule has 33 heavy (non-hydrogen) atoms. The Morgan fingerprint density at radius 2 is 1.94 bits per heavy atom. The van der Waals surface area contributed by atoms with Gasteiger partial charge in [-0.15, -0.1) is 0 Å². The molecule has 0 saturated heterocycles. The van der Waals surface area contributed by atoms with Crippen LogP contribution in [-0.4, -0.2) is 41.9 Å². The lowest BCUT2D eigenvalue weighted by atomic mass is 9.46. The number of carbonyl (C=O) groups excluding carboxylic acids is 1. The second kappa shape index (κ2) is 7.63. The predicted molar refractivity (Wildman–Crippen MR) is 115 cm³/mol. The number of carbonyl (C=O) groups is 1. The van der Waals surface area contributed by atoms with Crippen LogP contribution in [0.4, 0.5) is 11.5 Å². The second-order valence-corrected chi connectivity index (χ2v) is 10.2. The standard InChI is InChI=1S/C21H27N7O5/c1-14-4-18(28(32)33)24-25(14)3-2-22-19(29)10-20-6-15-5-16(7-20)9-21(8-15,13-20)26-12-17(11-23-26)27(30)31/h4,11-12,15-16H,2-3,5-10,13H2,1H3,(H,22,29). The largest absolute Gasteiger partial charge is 0.390 e. The van der Waals surface area contributed by atoms with E-state index in [1.54, 1.807) is 13.1 Å². The molecule has 1 N–H and O–H groups in total. The maximum absolute atomic E-state index is 12.9. The zero-order valence-electron chi connectivity index (χ0n) is 18.5. The zero-order valence-corrected chi connectivity index (χ0v) is 18.5. The van der Waals surface area contributed by atoms with Gasteiger partial charge < -0.3 is 15.4 Å². The highest BCUT2D eigenvalue weighted by molar-refractivity contribution is 5.76. The average Bonchev–Trinajstić information content (AvgIpc) is 3.35. The number of aryl methyl sites for hydroxylation is 1. The summed E-state index contributed by atoms with van der Waals surface area (Å²) < 4.78 is 3.34. The number of nitrogens with one attached hydrogen (secondary N) is 1. The maximum atomic E-state index is 12.9. The van der Waals surface area contributed by atoms with E-state index in [1.807, 2.05) is 4.68 Å². The van der Waals surface area contributed by atoms with Crippen molar-refractivity contribution in [3.8, 4) is 0 Å². The lowest BCUT2D eigenvalue weighted by Gasteiger charge is -2.61. The molecule has 4 aliphatic carbocycles. The Balaban J connectivity index is 1.25. The van der Waals surface area contributed by atoms with E-state index in [1.165, 1.54) is 16.9 Å². The predicted octanol–water partition coefficient (Wildman–Crippen LogP) is 2.71. The second-order valence-electron chi connectivity index (χ2n) is 10.2. The van der Waals surface area contributed by atoms with Crippen LogP contribution in [0.1, 0.15) is 50.6 Å². The SMILES string of the molecule is Cc1cc([N+](=O)[O-])nn1CCNC(=O)CC12CC3CC(C1)CC(n1cc([N+](=O)[O-])cn1)(C3)C2. The van der Waals surface area contributed by atoms with Gasteiger partial charge in [0.2, 0.25) is 5.91 Å². The molecule has 12 heteroatoms. The summed E-state index contributed by atoms with van der Waals surface area (Å²) in [5.74, 6) is 0.790. The third-order valence-corrected chi connectivity index (χ3v) is 7.75. The molecule has 2 aromatic rings. The quantitative estimate of drug-likeness (QED) is 0.473. The average molecular weight is 457 g/mol. The van der Waals surface area contributed by atoms with Crippen molar-refractivity contribution in [2.75, 3.05) is 6.54 Å². The first-order valence-corrected chi connectivity index (χ1v) is 11.3. The molecule has 0 aromatic carbocycles. The lowest BCUT2D eigenvalue weighted by Crippen LogP contribution is -2.57. The van der Waals surface area contributed by atoms with Crippen molar-refractivity contribution in [1.82, 2.24) is 24.9 Å².